The zero-order valence-electron chi connectivity index (χ0n) is 7.17. The van der Waals surface area contributed by atoms with E-state index in [1.807, 2.05) is 6.92 Å². The van der Waals surface area contributed by atoms with Crippen LogP contribution in [0.4, 0.5) is 14.6 Å². The highest BCUT2D eigenvalue weighted by molar-refractivity contribution is 5.41. The van der Waals surface area contributed by atoms with Crippen molar-refractivity contribution in [3.63, 3.8) is 0 Å². The van der Waals surface area contributed by atoms with E-state index < -0.39 is 5.92 Å². The minimum absolute atomic E-state index is 0.245. The zero-order chi connectivity index (χ0) is 9.47. The summed E-state index contributed by atoms with van der Waals surface area (Å²) in [6, 6.07) is 3.47. The number of rotatable bonds is 1. The van der Waals surface area contributed by atoms with Gasteiger partial charge < -0.3 is 4.90 Å². The van der Waals surface area contributed by atoms with Crippen LogP contribution in [0.3, 0.4) is 0 Å². The molecule has 0 aliphatic carbocycles. The van der Waals surface area contributed by atoms with E-state index in [0.29, 0.717) is 5.82 Å². The van der Waals surface area contributed by atoms with Crippen molar-refractivity contribution in [2.45, 2.75) is 12.8 Å². The summed E-state index contributed by atoms with van der Waals surface area (Å²) in [5, 5.41) is 7.60. The van der Waals surface area contributed by atoms with Crippen molar-refractivity contribution in [3.05, 3.63) is 17.8 Å². The fraction of sp³-hybridized carbons (Fsp3) is 0.500. The summed E-state index contributed by atoms with van der Waals surface area (Å²) >= 11 is 0. The fourth-order valence-electron chi connectivity index (χ4n) is 1.23. The average molecular weight is 185 g/mol. The van der Waals surface area contributed by atoms with Crippen molar-refractivity contribution in [1.82, 2.24) is 10.2 Å². The lowest BCUT2D eigenvalue weighted by atomic mass is 10.1. The van der Waals surface area contributed by atoms with Gasteiger partial charge in [0.15, 0.2) is 5.82 Å². The van der Waals surface area contributed by atoms with E-state index in [0.717, 1.165) is 5.69 Å². The molecule has 0 aromatic carbocycles. The second-order valence-corrected chi connectivity index (χ2v) is 3.24. The van der Waals surface area contributed by atoms with Crippen molar-refractivity contribution in [3.8, 4) is 0 Å². The third-order valence-electron chi connectivity index (χ3n) is 1.95. The predicted octanol–water partition coefficient (Wildman–Crippen LogP) is 1.24. The molecular formula is C8H9F2N3. The van der Waals surface area contributed by atoms with Crippen LogP contribution in [0.1, 0.15) is 5.69 Å². The number of nitrogens with zero attached hydrogens (tertiary/aromatic N) is 3. The lowest BCUT2D eigenvalue weighted by Gasteiger charge is -2.39. The lowest BCUT2D eigenvalue weighted by Crippen LogP contribution is -2.56. The highest BCUT2D eigenvalue weighted by Gasteiger charge is 2.44. The molecular weight excluding hydrogens is 176 g/mol. The molecule has 1 saturated heterocycles. The van der Waals surface area contributed by atoms with Crippen LogP contribution >= 0.6 is 0 Å². The molecule has 1 aromatic rings. The molecule has 1 aromatic heterocycles. The highest BCUT2D eigenvalue weighted by atomic mass is 19.3. The Morgan fingerprint density at radius 2 is 2.00 bits per heavy atom. The lowest BCUT2D eigenvalue weighted by molar-refractivity contribution is -0.0267. The molecule has 0 atom stereocenters. The van der Waals surface area contributed by atoms with Crippen molar-refractivity contribution >= 4 is 5.82 Å². The molecule has 1 aliphatic rings. The Hall–Kier alpha value is -1.26. The predicted molar refractivity (Wildman–Crippen MR) is 43.9 cm³/mol. The molecule has 0 saturated carbocycles. The van der Waals surface area contributed by atoms with Gasteiger partial charge >= 0.3 is 0 Å². The molecule has 5 heteroatoms. The summed E-state index contributed by atoms with van der Waals surface area (Å²) in [4.78, 5) is 1.51. The monoisotopic (exact) mass is 185 g/mol. The first kappa shape index (κ1) is 8.34. The van der Waals surface area contributed by atoms with Crippen LogP contribution in [0, 0.1) is 6.92 Å². The van der Waals surface area contributed by atoms with Crippen molar-refractivity contribution in [2.75, 3.05) is 18.0 Å². The number of halogens is 2. The van der Waals surface area contributed by atoms with Gasteiger partial charge in [0.2, 0.25) is 0 Å². The average Bonchev–Trinajstić information content (AvgIpc) is 2.01. The fourth-order valence-corrected chi connectivity index (χ4v) is 1.23. The molecule has 70 valence electrons. The first-order chi connectivity index (χ1) is 6.07. The first-order valence-corrected chi connectivity index (χ1v) is 4.00. The smallest absolute Gasteiger partial charge is 0.282 e. The largest absolute Gasteiger partial charge is 0.343 e. The molecule has 0 amide bonds. The Bertz CT molecular complexity index is 302. The molecule has 1 fully saturated rings. The molecule has 2 rings (SSSR count). The van der Waals surface area contributed by atoms with Gasteiger partial charge in [0.05, 0.1) is 18.8 Å². The second-order valence-electron chi connectivity index (χ2n) is 3.24. The van der Waals surface area contributed by atoms with Crippen LogP contribution in [0.5, 0.6) is 0 Å². The van der Waals surface area contributed by atoms with Gasteiger partial charge in [-0.15, -0.1) is 5.10 Å². The van der Waals surface area contributed by atoms with E-state index >= 15 is 0 Å². The van der Waals surface area contributed by atoms with Crippen LogP contribution in [0.25, 0.3) is 0 Å². The van der Waals surface area contributed by atoms with Gasteiger partial charge in [0, 0.05) is 0 Å². The van der Waals surface area contributed by atoms with Crippen LogP contribution in [0.2, 0.25) is 0 Å². The van der Waals surface area contributed by atoms with Gasteiger partial charge in [0.25, 0.3) is 5.92 Å². The number of aryl methyl sites for hydroxylation is 1. The second kappa shape index (κ2) is 2.61. The van der Waals surface area contributed by atoms with E-state index in [9.17, 15) is 8.78 Å². The normalized spacial score (nSPS) is 19.8. The molecule has 0 radical (unpaired) electrons. The van der Waals surface area contributed by atoms with Gasteiger partial charge in [-0.1, -0.05) is 0 Å². The number of alkyl halides is 2. The topological polar surface area (TPSA) is 29.0 Å². The quantitative estimate of drug-likeness (QED) is 0.659. The molecule has 0 bridgehead atoms. The molecule has 0 spiro atoms. The Morgan fingerprint density at radius 3 is 2.46 bits per heavy atom. The SMILES string of the molecule is Cc1ccc(N2CC(F)(F)C2)nn1. The number of anilines is 1. The third-order valence-corrected chi connectivity index (χ3v) is 1.95. The van der Waals surface area contributed by atoms with Gasteiger partial charge in [-0.2, -0.15) is 5.10 Å². The van der Waals surface area contributed by atoms with Crippen LogP contribution in [-0.2, 0) is 0 Å². The van der Waals surface area contributed by atoms with Gasteiger partial charge in [-0.3, -0.25) is 0 Å². The van der Waals surface area contributed by atoms with Crippen molar-refractivity contribution < 1.29 is 8.78 Å². The number of hydrogen-bond donors (Lipinski definition) is 0. The third kappa shape index (κ3) is 1.59. The summed E-state index contributed by atoms with van der Waals surface area (Å²) in [6.07, 6.45) is 0. The van der Waals surface area contributed by atoms with Gasteiger partial charge in [-0.05, 0) is 19.1 Å². The van der Waals surface area contributed by atoms with Crippen LogP contribution < -0.4 is 4.90 Å². The van der Waals surface area contributed by atoms with E-state index in [-0.39, 0.29) is 13.1 Å². The maximum absolute atomic E-state index is 12.5. The van der Waals surface area contributed by atoms with Gasteiger partial charge in [-0.25, -0.2) is 8.78 Å². The van der Waals surface area contributed by atoms with Crippen LogP contribution in [0.15, 0.2) is 12.1 Å². The molecule has 13 heavy (non-hydrogen) atoms. The Morgan fingerprint density at radius 1 is 1.31 bits per heavy atom. The summed E-state index contributed by atoms with van der Waals surface area (Å²) in [5.74, 6) is -2.02. The maximum Gasteiger partial charge on any atom is 0.282 e. The van der Waals surface area contributed by atoms with E-state index in [4.69, 9.17) is 0 Å². The standard InChI is InChI=1S/C8H9F2N3/c1-6-2-3-7(12-11-6)13-4-8(9,10)5-13/h2-3H,4-5H2,1H3. The maximum atomic E-state index is 12.5. The number of aromatic nitrogens is 2. The zero-order valence-corrected chi connectivity index (χ0v) is 7.17. The molecule has 0 unspecified atom stereocenters. The van der Waals surface area contributed by atoms with Crippen LogP contribution in [-0.4, -0.2) is 29.2 Å². The summed E-state index contributed by atoms with van der Waals surface area (Å²) < 4.78 is 24.9. The van der Waals surface area contributed by atoms with Crippen molar-refractivity contribution in [1.29, 1.82) is 0 Å². The molecule has 0 N–H and O–H groups in total. The van der Waals surface area contributed by atoms with E-state index in [1.165, 1.54) is 4.90 Å². The molecule has 3 nitrogen and oxygen atoms in total. The Labute approximate surface area is 74.4 Å². The van der Waals surface area contributed by atoms with E-state index in [2.05, 4.69) is 10.2 Å². The minimum Gasteiger partial charge on any atom is -0.343 e. The highest BCUT2D eigenvalue weighted by Crippen LogP contribution is 2.29. The first-order valence-electron chi connectivity index (χ1n) is 4.00. The Balaban J connectivity index is 2.08. The number of hydrogen-bond acceptors (Lipinski definition) is 3. The summed E-state index contributed by atoms with van der Waals surface area (Å²) in [5.41, 5.74) is 0.788. The molecule has 2 heterocycles. The van der Waals surface area contributed by atoms with E-state index in [1.54, 1.807) is 12.1 Å². The molecule has 1 aliphatic heterocycles. The summed E-state index contributed by atoms with van der Waals surface area (Å²) in [7, 11) is 0. The van der Waals surface area contributed by atoms with Gasteiger partial charge in [0.1, 0.15) is 0 Å². The Kier molecular flexibility index (Phi) is 1.68. The summed E-state index contributed by atoms with van der Waals surface area (Å²) in [6.45, 7) is 1.32. The minimum atomic E-state index is -2.55. The van der Waals surface area contributed by atoms with Crippen molar-refractivity contribution in [2.24, 2.45) is 0 Å².